The van der Waals surface area contributed by atoms with Crippen LogP contribution in [0.5, 0.6) is 0 Å². The van der Waals surface area contributed by atoms with E-state index < -0.39 is 17.5 Å². The highest BCUT2D eigenvalue weighted by molar-refractivity contribution is 5.85. The summed E-state index contributed by atoms with van der Waals surface area (Å²) in [6, 6.07) is 5.22. The van der Waals surface area contributed by atoms with E-state index in [2.05, 4.69) is 6.92 Å². The Labute approximate surface area is 172 Å². The summed E-state index contributed by atoms with van der Waals surface area (Å²) in [7, 11) is 0. The molecule has 2 aliphatic rings. The van der Waals surface area contributed by atoms with Crippen molar-refractivity contribution in [2.75, 3.05) is 0 Å². The Bertz CT molecular complexity index is 914. The molecule has 0 spiro atoms. The fourth-order valence-electron chi connectivity index (χ4n) is 5.76. The summed E-state index contributed by atoms with van der Waals surface area (Å²) in [5, 5.41) is 0.287. The highest BCUT2D eigenvalue weighted by Crippen LogP contribution is 2.48. The van der Waals surface area contributed by atoms with Crippen molar-refractivity contribution in [1.82, 2.24) is 0 Å². The minimum absolute atomic E-state index is 0.117. The minimum Gasteiger partial charge on any atom is -0.206 e. The smallest absolute Gasteiger partial charge is 0.169 e. The van der Waals surface area contributed by atoms with Crippen molar-refractivity contribution in [2.45, 2.75) is 71.1 Å². The van der Waals surface area contributed by atoms with Crippen LogP contribution in [0.25, 0.3) is 10.8 Å². The molecule has 2 fully saturated rings. The van der Waals surface area contributed by atoms with E-state index in [1.807, 2.05) is 25.1 Å². The average molecular weight is 401 g/mol. The zero-order valence-electron chi connectivity index (χ0n) is 17.5. The number of aryl methyl sites for hydroxylation is 1. The summed E-state index contributed by atoms with van der Waals surface area (Å²) in [4.78, 5) is 0. The molecule has 4 atom stereocenters. The van der Waals surface area contributed by atoms with E-state index >= 15 is 4.39 Å². The molecule has 0 bridgehead atoms. The summed E-state index contributed by atoms with van der Waals surface area (Å²) in [6.07, 6.45) is 11.7. The van der Waals surface area contributed by atoms with Crippen molar-refractivity contribution in [3.8, 4) is 0 Å². The molecule has 0 N–H and O–H groups in total. The summed E-state index contributed by atoms with van der Waals surface area (Å²) in [6.45, 7) is 4.23. The lowest BCUT2D eigenvalue weighted by atomic mass is 9.64. The van der Waals surface area contributed by atoms with E-state index in [-0.39, 0.29) is 11.3 Å². The third-order valence-electron chi connectivity index (χ3n) is 7.36. The van der Waals surface area contributed by atoms with Gasteiger partial charge in [-0.05, 0) is 98.1 Å². The Balaban J connectivity index is 1.64. The van der Waals surface area contributed by atoms with Crippen LogP contribution in [0.4, 0.5) is 13.2 Å². The topological polar surface area (TPSA) is 0 Å². The van der Waals surface area contributed by atoms with Crippen LogP contribution in [0.15, 0.2) is 30.4 Å². The first kappa shape index (κ1) is 20.5. The Kier molecular flexibility index (Phi) is 6.03. The van der Waals surface area contributed by atoms with E-state index in [0.717, 1.165) is 31.1 Å². The molecule has 2 aromatic carbocycles. The van der Waals surface area contributed by atoms with Crippen molar-refractivity contribution in [1.29, 1.82) is 0 Å². The average Bonchev–Trinajstić information content (AvgIpc) is 2.71. The first-order valence-electron chi connectivity index (χ1n) is 11.2. The van der Waals surface area contributed by atoms with Gasteiger partial charge in [0.2, 0.25) is 0 Å². The maximum absolute atomic E-state index is 15.4. The minimum atomic E-state index is -1.03. The van der Waals surface area contributed by atoms with Gasteiger partial charge in [0.15, 0.2) is 11.6 Å². The predicted octanol–water partition coefficient (Wildman–Crippen LogP) is 8.09. The van der Waals surface area contributed by atoms with E-state index in [0.29, 0.717) is 35.3 Å². The molecule has 0 heterocycles. The van der Waals surface area contributed by atoms with Gasteiger partial charge in [-0.15, -0.1) is 0 Å². The van der Waals surface area contributed by atoms with Crippen LogP contribution < -0.4 is 0 Å². The first-order valence-corrected chi connectivity index (χ1v) is 11.2. The molecule has 0 saturated heterocycles. The van der Waals surface area contributed by atoms with Crippen molar-refractivity contribution < 1.29 is 13.2 Å². The summed E-state index contributed by atoms with van der Waals surface area (Å²) < 4.78 is 44.9. The molecule has 0 amide bonds. The van der Waals surface area contributed by atoms with Gasteiger partial charge in [-0.3, -0.25) is 0 Å². The quantitative estimate of drug-likeness (QED) is 0.455. The molecule has 156 valence electrons. The third-order valence-corrected chi connectivity index (χ3v) is 7.36. The molecule has 0 nitrogen and oxygen atoms in total. The molecule has 4 unspecified atom stereocenters. The van der Waals surface area contributed by atoms with E-state index in [9.17, 15) is 8.78 Å². The molecule has 0 aliphatic heterocycles. The maximum Gasteiger partial charge on any atom is 0.169 e. The van der Waals surface area contributed by atoms with Crippen LogP contribution in [0.1, 0.15) is 75.8 Å². The SMILES string of the molecule is C/C=C/CCc1cc2ccc(C3CCC4CC(C)CCC4C3)c(F)c2c(F)c1F. The molecule has 2 saturated carbocycles. The van der Waals surface area contributed by atoms with Crippen molar-refractivity contribution in [3.05, 3.63) is 58.9 Å². The number of benzene rings is 2. The molecule has 4 rings (SSSR count). The lowest BCUT2D eigenvalue weighted by Crippen LogP contribution is -2.30. The van der Waals surface area contributed by atoms with E-state index in [1.54, 1.807) is 12.1 Å². The summed E-state index contributed by atoms with van der Waals surface area (Å²) in [5.74, 6) is -0.162. The molecule has 2 aromatic rings. The summed E-state index contributed by atoms with van der Waals surface area (Å²) >= 11 is 0. The van der Waals surface area contributed by atoms with Gasteiger partial charge in [0.1, 0.15) is 5.82 Å². The lowest BCUT2D eigenvalue weighted by molar-refractivity contribution is 0.124. The molecule has 3 heteroatoms. The van der Waals surface area contributed by atoms with Gasteiger partial charge in [-0.25, -0.2) is 13.2 Å². The number of allylic oxidation sites excluding steroid dienone is 2. The second-order valence-corrected chi connectivity index (χ2v) is 9.29. The molecule has 0 aromatic heterocycles. The van der Waals surface area contributed by atoms with E-state index in [4.69, 9.17) is 0 Å². The van der Waals surface area contributed by atoms with Crippen molar-refractivity contribution in [3.63, 3.8) is 0 Å². The van der Waals surface area contributed by atoms with Crippen LogP contribution in [0, 0.1) is 35.2 Å². The Hall–Kier alpha value is -1.77. The molecular formula is C26H31F3. The standard InChI is InChI=1S/C26H31F3/c1-3-4-5-6-21-15-20-11-12-22(25(28)23(20)26(29)24(21)27)19-10-9-17-13-16(2)7-8-18(17)14-19/h3-4,11-12,15-19H,5-10,13-14H2,1-2H3/b4-3+. The van der Waals surface area contributed by atoms with E-state index in [1.165, 1.54) is 19.3 Å². The number of fused-ring (bicyclic) bond motifs is 2. The second-order valence-electron chi connectivity index (χ2n) is 9.29. The number of rotatable bonds is 4. The Morgan fingerprint density at radius 3 is 2.48 bits per heavy atom. The zero-order valence-corrected chi connectivity index (χ0v) is 17.5. The van der Waals surface area contributed by atoms with Gasteiger partial charge in [-0.1, -0.05) is 37.6 Å². The molecule has 0 radical (unpaired) electrons. The van der Waals surface area contributed by atoms with Gasteiger partial charge >= 0.3 is 0 Å². The monoisotopic (exact) mass is 400 g/mol. The van der Waals surface area contributed by atoms with Gasteiger partial charge < -0.3 is 0 Å². The number of hydrogen-bond acceptors (Lipinski definition) is 0. The lowest BCUT2D eigenvalue weighted by Gasteiger charge is -2.41. The zero-order chi connectivity index (χ0) is 20.5. The fourth-order valence-corrected chi connectivity index (χ4v) is 5.76. The fraction of sp³-hybridized carbons (Fsp3) is 0.538. The normalized spacial score (nSPS) is 27.5. The van der Waals surface area contributed by atoms with Gasteiger partial charge in [0.25, 0.3) is 0 Å². The van der Waals surface area contributed by atoms with Crippen LogP contribution in [-0.2, 0) is 6.42 Å². The summed E-state index contributed by atoms with van der Waals surface area (Å²) in [5.41, 5.74) is 0.895. The van der Waals surface area contributed by atoms with Gasteiger partial charge in [-0.2, -0.15) is 0 Å². The number of halogens is 3. The van der Waals surface area contributed by atoms with Crippen LogP contribution >= 0.6 is 0 Å². The first-order chi connectivity index (χ1) is 14.0. The molecule has 2 aliphatic carbocycles. The second kappa shape index (κ2) is 8.53. The van der Waals surface area contributed by atoms with Gasteiger partial charge in [0.05, 0.1) is 5.39 Å². The Morgan fingerprint density at radius 2 is 1.69 bits per heavy atom. The largest absolute Gasteiger partial charge is 0.206 e. The van der Waals surface area contributed by atoms with Crippen molar-refractivity contribution in [2.24, 2.45) is 17.8 Å². The highest BCUT2D eigenvalue weighted by atomic mass is 19.2. The van der Waals surface area contributed by atoms with Crippen molar-refractivity contribution >= 4 is 10.8 Å². The van der Waals surface area contributed by atoms with Crippen LogP contribution in [0.3, 0.4) is 0 Å². The number of hydrogen-bond donors (Lipinski definition) is 0. The van der Waals surface area contributed by atoms with Crippen LogP contribution in [-0.4, -0.2) is 0 Å². The molecular weight excluding hydrogens is 369 g/mol. The molecule has 29 heavy (non-hydrogen) atoms. The predicted molar refractivity (Wildman–Crippen MR) is 114 cm³/mol. The Morgan fingerprint density at radius 1 is 0.931 bits per heavy atom. The van der Waals surface area contributed by atoms with Gasteiger partial charge in [0, 0.05) is 0 Å². The van der Waals surface area contributed by atoms with Crippen LogP contribution in [0.2, 0.25) is 0 Å². The highest BCUT2D eigenvalue weighted by Gasteiger charge is 2.36. The maximum atomic E-state index is 15.4. The third kappa shape index (κ3) is 3.98.